The van der Waals surface area contributed by atoms with Crippen LogP contribution in [0.4, 0.5) is 14.5 Å². The molecule has 0 fully saturated rings. The Hall–Kier alpha value is -4.57. The van der Waals surface area contributed by atoms with E-state index in [1.165, 1.54) is 17.7 Å². The van der Waals surface area contributed by atoms with Gasteiger partial charge in [0.2, 0.25) is 15.9 Å². The average Bonchev–Trinajstić information content (AvgIpc) is 3.33. The number of aromatic amines is 1. The summed E-state index contributed by atoms with van der Waals surface area (Å²) in [6, 6.07) is 19.4. The van der Waals surface area contributed by atoms with Gasteiger partial charge in [-0.2, -0.15) is 0 Å². The van der Waals surface area contributed by atoms with E-state index in [9.17, 15) is 22.0 Å². The molecule has 0 saturated heterocycles. The van der Waals surface area contributed by atoms with Crippen molar-refractivity contribution >= 4 is 32.5 Å². The number of halogens is 2. The first-order chi connectivity index (χ1) is 20.1. The number of hydrogen-bond donors (Lipinski definition) is 3. The molecule has 2 aromatic heterocycles. The number of hydrogen-bond acceptors (Lipinski definition) is 4. The largest absolute Gasteiger partial charge is 0.361 e. The molecule has 1 amide bonds. The van der Waals surface area contributed by atoms with Crippen molar-refractivity contribution in [2.24, 2.45) is 0 Å². The molecule has 0 unspecified atom stereocenters. The molecule has 10 heteroatoms. The number of pyridine rings is 1. The number of aromatic nitrogens is 2. The molecule has 0 aliphatic rings. The summed E-state index contributed by atoms with van der Waals surface area (Å²) in [5, 5.41) is 3.73. The maximum Gasteiger partial charge on any atom is 0.229 e. The quantitative estimate of drug-likeness (QED) is 0.184. The van der Waals surface area contributed by atoms with E-state index in [4.69, 9.17) is 0 Å². The average molecular weight is 589 g/mol. The highest BCUT2D eigenvalue weighted by Gasteiger charge is 2.22. The normalized spacial score (nSPS) is 12.3. The van der Waals surface area contributed by atoms with E-state index < -0.39 is 27.7 Å². The summed E-state index contributed by atoms with van der Waals surface area (Å²) in [7, 11) is -3.48. The third kappa shape index (κ3) is 7.01. The maximum atomic E-state index is 14.1. The lowest BCUT2D eigenvalue weighted by atomic mass is 9.94. The zero-order chi connectivity index (χ0) is 29.9. The third-order valence-electron chi connectivity index (χ3n) is 6.96. The zero-order valence-electron chi connectivity index (χ0n) is 23.1. The Labute approximate surface area is 243 Å². The summed E-state index contributed by atoms with van der Waals surface area (Å²) < 4.78 is 54.1. The molecule has 5 aromatic rings. The maximum absolute atomic E-state index is 14.1. The van der Waals surface area contributed by atoms with Gasteiger partial charge in [0.1, 0.15) is 11.6 Å². The van der Waals surface area contributed by atoms with Crippen LogP contribution in [0.15, 0.2) is 85.2 Å². The minimum absolute atomic E-state index is 0.0241. The van der Waals surface area contributed by atoms with Gasteiger partial charge in [-0.25, -0.2) is 17.2 Å². The fraction of sp³-hybridized carbons (Fsp3) is 0.188. The number of fused-ring (bicyclic) bond motifs is 1. The monoisotopic (exact) mass is 588 g/mol. The van der Waals surface area contributed by atoms with Crippen LogP contribution in [0.3, 0.4) is 0 Å². The summed E-state index contributed by atoms with van der Waals surface area (Å²) in [5.74, 6) is -1.75. The van der Waals surface area contributed by atoms with E-state index in [0.717, 1.165) is 35.4 Å². The van der Waals surface area contributed by atoms with Crippen LogP contribution < -0.4 is 10.0 Å². The lowest BCUT2D eigenvalue weighted by molar-refractivity contribution is -0.121. The van der Waals surface area contributed by atoms with Crippen LogP contribution in [0.25, 0.3) is 22.0 Å². The SMILES string of the molecule is CCc1ccc(-c2cccnc2[C@H](Cc2cc(F)cc(F)c2)NC(=O)Cc2c[nH]c3ccc(NS(C)(=O)=O)cc23)cc1. The van der Waals surface area contributed by atoms with Gasteiger partial charge in [-0.05, 0) is 71.5 Å². The Bertz CT molecular complexity index is 1830. The molecule has 0 aliphatic carbocycles. The van der Waals surface area contributed by atoms with Crippen molar-refractivity contribution in [3.63, 3.8) is 0 Å². The fourth-order valence-electron chi connectivity index (χ4n) is 5.06. The van der Waals surface area contributed by atoms with Gasteiger partial charge < -0.3 is 10.3 Å². The zero-order valence-corrected chi connectivity index (χ0v) is 23.9. The molecule has 0 bridgehead atoms. The number of carbonyl (C=O) groups excluding carboxylic acids is 1. The van der Waals surface area contributed by atoms with E-state index in [0.29, 0.717) is 27.9 Å². The van der Waals surface area contributed by atoms with E-state index in [2.05, 4.69) is 26.9 Å². The predicted octanol–water partition coefficient (Wildman–Crippen LogP) is 6.08. The second-order valence-corrected chi connectivity index (χ2v) is 12.0. The number of amides is 1. The minimum atomic E-state index is -3.48. The van der Waals surface area contributed by atoms with Crippen molar-refractivity contribution < 1.29 is 22.0 Å². The molecule has 216 valence electrons. The topological polar surface area (TPSA) is 104 Å². The predicted molar refractivity (Wildman–Crippen MR) is 160 cm³/mol. The summed E-state index contributed by atoms with van der Waals surface area (Å²) in [5.41, 5.74) is 5.60. The first kappa shape index (κ1) is 28.9. The van der Waals surface area contributed by atoms with Gasteiger partial charge in [0.25, 0.3) is 0 Å². The first-order valence-corrected chi connectivity index (χ1v) is 15.3. The molecule has 1 atom stereocenters. The van der Waals surface area contributed by atoms with Crippen molar-refractivity contribution in [1.82, 2.24) is 15.3 Å². The van der Waals surface area contributed by atoms with Crippen molar-refractivity contribution in [3.8, 4) is 11.1 Å². The summed E-state index contributed by atoms with van der Waals surface area (Å²) in [6.45, 7) is 2.07. The Morgan fingerprint density at radius 2 is 1.71 bits per heavy atom. The van der Waals surface area contributed by atoms with Gasteiger partial charge in [-0.15, -0.1) is 0 Å². The minimum Gasteiger partial charge on any atom is -0.361 e. The van der Waals surface area contributed by atoms with Crippen molar-refractivity contribution in [3.05, 3.63) is 119 Å². The molecule has 2 heterocycles. The Balaban J connectivity index is 1.47. The van der Waals surface area contributed by atoms with Crippen LogP contribution in [0, 0.1) is 11.6 Å². The van der Waals surface area contributed by atoms with Gasteiger partial charge in [0.15, 0.2) is 0 Å². The molecule has 5 rings (SSSR count). The molecular weight excluding hydrogens is 558 g/mol. The van der Waals surface area contributed by atoms with Gasteiger partial charge in [-0.3, -0.25) is 14.5 Å². The highest BCUT2D eigenvalue weighted by Crippen LogP contribution is 2.30. The number of nitrogens with zero attached hydrogens (tertiary/aromatic N) is 1. The molecule has 0 saturated carbocycles. The number of nitrogens with one attached hydrogen (secondary N) is 3. The van der Waals surface area contributed by atoms with Crippen LogP contribution in [0.5, 0.6) is 0 Å². The Kier molecular flexibility index (Phi) is 8.35. The number of rotatable bonds is 10. The second kappa shape index (κ2) is 12.1. The molecule has 3 aromatic carbocycles. The van der Waals surface area contributed by atoms with Crippen LogP contribution in [0.1, 0.15) is 35.3 Å². The molecule has 0 radical (unpaired) electrons. The van der Waals surface area contributed by atoms with Crippen LogP contribution >= 0.6 is 0 Å². The molecular formula is C32H30F2N4O3S. The van der Waals surface area contributed by atoms with Gasteiger partial charge in [0, 0.05) is 40.6 Å². The highest BCUT2D eigenvalue weighted by atomic mass is 32.2. The third-order valence-corrected chi connectivity index (χ3v) is 7.57. The van der Waals surface area contributed by atoms with E-state index in [1.807, 2.05) is 30.3 Å². The van der Waals surface area contributed by atoms with E-state index >= 15 is 0 Å². The number of sulfonamides is 1. The van der Waals surface area contributed by atoms with Crippen LogP contribution in [0.2, 0.25) is 0 Å². The number of aryl methyl sites for hydroxylation is 1. The Morgan fingerprint density at radius 1 is 0.976 bits per heavy atom. The first-order valence-electron chi connectivity index (χ1n) is 13.4. The summed E-state index contributed by atoms with van der Waals surface area (Å²) >= 11 is 0. The number of H-pyrrole nitrogens is 1. The van der Waals surface area contributed by atoms with Crippen LogP contribution in [-0.2, 0) is 34.1 Å². The van der Waals surface area contributed by atoms with Crippen molar-refractivity contribution in [2.45, 2.75) is 32.2 Å². The van der Waals surface area contributed by atoms with Crippen molar-refractivity contribution in [1.29, 1.82) is 0 Å². The summed E-state index contributed by atoms with van der Waals surface area (Å²) in [6.07, 6.45) is 5.37. The van der Waals surface area contributed by atoms with Gasteiger partial charge in [-0.1, -0.05) is 37.3 Å². The molecule has 42 heavy (non-hydrogen) atoms. The molecule has 0 aliphatic heterocycles. The fourth-order valence-corrected chi connectivity index (χ4v) is 5.62. The van der Waals surface area contributed by atoms with Gasteiger partial charge in [0.05, 0.1) is 24.4 Å². The Morgan fingerprint density at radius 3 is 2.40 bits per heavy atom. The summed E-state index contributed by atoms with van der Waals surface area (Å²) in [4.78, 5) is 21.2. The lowest BCUT2D eigenvalue weighted by Gasteiger charge is -2.22. The number of anilines is 1. The van der Waals surface area contributed by atoms with Crippen LogP contribution in [-0.4, -0.2) is 30.5 Å². The second-order valence-electron chi connectivity index (χ2n) is 10.2. The number of benzene rings is 3. The smallest absolute Gasteiger partial charge is 0.229 e. The standard InChI is InChI=1S/C32H30F2N4O3S/c1-3-20-6-8-22(9-7-20)27-5-4-12-35-32(27)30(15-21-13-24(33)17-25(34)14-21)37-31(39)16-23-19-36-29-11-10-26(18-28(23)29)38-42(2,40)41/h4-14,17-19,30,36,38H,3,15-16H2,1-2H3,(H,37,39)/t30-/m0/s1. The highest BCUT2D eigenvalue weighted by molar-refractivity contribution is 7.92. The molecule has 7 nitrogen and oxygen atoms in total. The van der Waals surface area contributed by atoms with Gasteiger partial charge >= 0.3 is 0 Å². The van der Waals surface area contributed by atoms with E-state index in [-0.39, 0.29) is 18.7 Å². The molecule has 0 spiro atoms. The molecule has 3 N–H and O–H groups in total. The van der Waals surface area contributed by atoms with Crippen molar-refractivity contribution in [2.75, 3.05) is 11.0 Å². The van der Waals surface area contributed by atoms with E-state index in [1.54, 1.807) is 36.7 Å². The lowest BCUT2D eigenvalue weighted by Crippen LogP contribution is -2.32. The number of carbonyl (C=O) groups is 1.